The van der Waals surface area contributed by atoms with Gasteiger partial charge in [-0.2, -0.15) is 0 Å². The molecule has 0 aliphatic carbocycles. The van der Waals surface area contributed by atoms with Crippen LogP contribution in [0.2, 0.25) is 0 Å². The summed E-state index contributed by atoms with van der Waals surface area (Å²) in [5.74, 6) is -0.318. The van der Waals surface area contributed by atoms with E-state index >= 15 is 0 Å². The molecule has 0 unspecified atom stereocenters. The van der Waals surface area contributed by atoms with Crippen LogP contribution in [0, 0.1) is 5.82 Å². The van der Waals surface area contributed by atoms with Gasteiger partial charge in [-0.25, -0.2) is 4.39 Å². The molecule has 0 spiro atoms. The highest BCUT2D eigenvalue weighted by Crippen LogP contribution is 2.19. The number of ketones is 1. The largest absolute Gasteiger partial charge is 0.360 e. The van der Waals surface area contributed by atoms with Gasteiger partial charge in [0.25, 0.3) is 0 Å². The van der Waals surface area contributed by atoms with Crippen LogP contribution in [-0.2, 0) is 0 Å². The minimum Gasteiger partial charge on any atom is -0.360 e. The Bertz CT molecular complexity index is 547. The van der Waals surface area contributed by atoms with E-state index in [4.69, 9.17) is 0 Å². The van der Waals surface area contributed by atoms with Crippen molar-refractivity contribution < 1.29 is 9.18 Å². The number of halogens is 1. The summed E-state index contributed by atoms with van der Waals surface area (Å²) in [6.45, 7) is 3.14. The number of aromatic amines is 1. The molecule has 2 rings (SSSR count). The summed E-state index contributed by atoms with van der Waals surface area (Å²) in [5, 5.41) is 0.652. The number of rotatable bonds is 4. The number of benzene rings is 1. The first-order chi connectivity index (χ1) is 8.11. The number of fused-ring (bicyclic) bond motifs is 1. The van der Waals surface area contributed by atoms with Crippen LogP contribution in [0.3, 0.4) is 0 Å². The Morgan fingerprint density at radius 2 is 2.24 bits per heavy atom. The van der Waals surface area contributed by atoms with E-state index in [1.165, 1.54) is 12.1 Å². The van der Waals surface area contributed by atoms with Crippen LogP contribution < -0.4 is 0 Å². The van der Waals surface area contributed by atoms with Gasteiger partial charge in [-0.3, -0.25) is 9.69 Å². The summed E-state index contributed by atoms with van der Waals surface area (Å²) >= 11 is 0. The van der Waals surface area contributed by atoms with Crippen molar-refractivity contribution >= 4 is 16.7 Å². The van der Waals surface area contributed by atoms with Crippen LogP contribution >= 0.6 is 0 Å². The molecule has 0 amide bonds. The molecule has 0 bridgehead atoms. The molecule has 0 saturated heterocycles. The maximum Gasteiger partial charge on any atom is 0.178 e. The minimum atomic E-state index is -0.324. The highest BCUT2D eigenvalue weighted by atomic mass is 19.1. The summed E-state index contributed by atoms with van der Waals surface area (Å²) in [6, 6.07) is 4.42. The van der Waals surface area contributed by atoms with Crippen molar-refractivity contribution in [2.24, 2.45) is 0 Å². The third kappa shape index (κ3) is 2.36. The van der Waals surface area contributed by atoms with Gasteiger partial charge in [-0.15, -0.1) is 0 Å². The van der Waals surface area contributed by atoms with Gasteiger partial charge in [0.2, 0.25) is 0 Å². The van der Waals surface area contributed by atoms with E-state index in [0.717, 1.165) is 12.1 Å². The first-order valence-electron chi connectivity index (χ1n) is 5.60. The predicted octanol–water partition coefficient (Wildman–Crippen LogP) is 2.44. The number of carbonyl (C=O) groups excluding carboxylic acids is 1. The topological polar surface area (TPSA) is 36.1 Å². The third-order valence-electron chi connectivity index (χ3n) is 2.90. The van der Waals surface area contributed by atoms with Crippen molar-refractivity contribution in [3.63, 3.8) is 0 Å². The number of Topliss-reactive ketones (excluding diaryl/α,β-unsaturated/α-hetero) is 1. The number of hydrogen-bond donors (Lipinski definition) is 1. The molecule has 0 aliphatic heterocycles. The van der Waals surface area contributed by atoms with Crippen LogP contribution in [-0.4, -0.2) is 35.8 Å². The molecule has 90 valence electrons. The molecule has 0 aliphatic rings. The summed E-state index contributed by atoms with van der Waals surface area (Å²) in [7, 11) is 1.88. The maximum atomic E-state index is 13.2. The number of likely N-dealkylation sites (N-methyl/N-ethyl adjacent to an activating group) is 1. The number of aromatic nitrogens is 1. The van der Waals surface area contributed by atoms with Crippen LogP contribution in [0.25, 0.3) is 10.9 Å². The Labute approximate surface area is 99.2 Å². The first kappa shape index (κ1) is 11.8. The summed E-state index contributed by atoms with van der Waals surface area (Å²) in [5.41, 5.74) is 1.34. The van der Waals surface area contributed by atoms with E-state index in [1.807, 2.05) is 18.9 Å². The molecule has 0 saturated carbocycles. The third-order valence-corrected chi connectivity index (χ3v) is 2.90. The van der Waals surface area contributed by atoms with Gasteiger partial charge in [-0.05, 0) is 31.8 Å². The Morgan fingerprint density at radius 3 is 2.94 bits per heavy atom. The molecule has 4 heteroatoms. The number of hydrogen-bond acceptors (Lipinski definition) is 2. The number of H-pyrrole nitrogens is 1. The fourth-order valence-corrected chi connectivity index (χ4v) is 1.77. The lowest BCUT2D eigenvalue weighted by atomic mass is 10.1. The van der Waals surface area contributed by atoms with Crippen molar-refractivity contribution in [2.45, 2.75) is 6.92 Å². The highest BCUT2D eigenvalue weighted by Gasteiger charge is 2.13. The normalized spacial score (nSPS) is 11.3. The molecule has 0 radical (unpaired) electrons. The van der Waals surface area contributed by atoms with Gasteiger partial charge in [0, 0.05) is 22.7 Å². The van der Waals surface area contributed by atoms with E-state index in [2.05, 4.69) is 4.98 Å². The highest BCUT2D eigenvalue weighted by molar-refractivity contribution is 6.08. The quantitative estimate of drug-likeness (QED) is 0.825. The number of nitrogens with zero attached hydrogens (tertiary/aromatic N) is 1. The Balaban J connectivity index is 2.35. The van der Waals surface area contributed by atoms with Crippen molar-refractivity contribution in [2.75, 3.05) is 20.1 Å². The Kier molecular flexibility index (Phi) is 3.24. The zero-order valence-electron chi connectivity index (χ0n) is 9.96. The lowest BCUT2D eigenvalue weighted by Gasteiger charge is -2.11. The average molecular weight is 234 g/mol. The smallest absolute Gasteiger partial charge is 0.178 e. The SMILES string of the molecule is CCN(C)CC(=O)c1c[nH]c2ccc(F)cc12. The van der Waals surface area contributed by atoms with Crippen molar-refractivity contribution in [3.8, 4) is 0 Å². The van der Waals surface area contributed by atoms with E-state index in [1.54, 1.807) is 12.3 Å². The predicted molar refractivity (Wildman–Crippen MR) is 65.8 cm³/mol. The summed E-state index contributed by atoms with van der Waals surface area (Å²) in [6.07, 6.45) is 1.65. The second-order valence-electron chi connectivity index (χ2n) is 4.15. The average Bonchev–Trinajstić information content (AvgIpc) is 2.71. The maximum absolute atomic E-state index is 13.2. The summed E-state index contributed by atoms with van der Waals surface area (Å²) < 4.78 is 13.2. The number of nitrogens with one attached hydrogen (secondary N) is 1. The van der Waals surface area contributed by atoms with Crippen LogP contribution in [0.1, 0.15) is 17.3 Å². The van der Waals surface area contributed by atoms with Gasteiger partial charge in [0.05, 0.1) is 6.54 Å². The van der Waals surface area contributed by atoms with Crippen molar-refractivity contribution in [3.05, 3.63) is 35.8 Å². The molecule has 1 N–H and O–H groups in total. The van der Waals surface area contributed by atoms with Crippen molar-refractivity contribution in [1.82, 2.24) is 9.88 Å². The molecule has 3 nitrogen and oxygen atoms in total. The standard InChI is InChI=1S/C13H15FN2O/c1-3-16(2)8-13(17)11-7-15-12-5-4-9(14)6-10(11)12/h4-7,15H,3,8H2,1-2H3. The van der Waals surface area contributed by atoms with Gasteiger partial charge in [0.1, 0.15) is 5.82 Å². The Morgan fingerprint density at radius 1 is 1.47 bits per heavy atom. The van der Waals surface area contributed by atoms with Gasteiger partial charge >= 0.3 is 0 Å². The molecule has 1 aromatic carbocycles. The molecular formula is C13H15FN2O. The van der Waals surface area contributed by atoms with E-state index in [9.17, 15) is 9.18 Å². The van der Waals surface area contributed by atoms with Crippen molar-refractivity contribution in [1.29, 1.82) is 0 Å². The van der Waals surface area contributed by atoms with Gasteiger partial charge < -0.3 is 4.98 Å². The van der Waals surface area contributed by atoms with Gasteiger partial charge in [0.15, 0.2) is 5.78 Å². The first-order valence-corrected chi connectivity index (χ1v) is 5.60. The van der Waals surface area contributed by atoms with Gasteiger partial charge in [-0.1, -0.05) is 6.92 Å². The second-order valence-corrected chi connectivity index (χ2v) is 4.15. The Hall–Kier alpha value is -1.68. The molecule has 2 aromatic rings. The fourth-order valence-electron chi connectivity index (χ4n) is 1.77. The lowest BCUT2D eigenvalue weighted by Crippen LogP contribution is -2.25. The molecule has 17 heavy (non-hydrogen) atoms. The molecule has 0 atom stereocenters. The minimum absolute atomic E-state index is 0.00574. The molecular weight excluding hydrogens is 219 g/mol. The fraction of sp³-hybridized carbons (Fsp3) is 0.308. The zero-order valence-corrected chi connectivity index (χ0v) is 9.96. The van der Waals surface area contributed by atoms with Crippen LogP contribution in [0.5, 0.6) is 0 Å². The second kappa shape index (κ2) is 4.67. The van der Waals surface area contributed by atoms with Crippen LogP contribution in [0.4, 0.5) is 4.39 Å². The van der Waals surface area contributed by atoms with E-state index in [-0.39, 0.29) is 11.6 Å². The monoisotopic (exact) mass is 234 g/mol. The zero-order chi connectivity index (χ0) is 12.4. The molecule has 1 aromatic heterocycles. The lowest BCUT2D eigenvalue weighted by molar-refractivity contribution is 0.0950. The van der Waals surface area contributed by atoms with E-state index < -0.39 is 0 Å². The number of carbonyl (C=O) groups is 1. The molecule has 1 heterocycles. The van der Waals surface area contributed by atoms with Crippen LogP contribution in [0.15, 0.2) is 24.4 Å². The summed E-state index contributed by atoms with van der Waals surface area (Å²) in [4.78, 5) is 16.9. The van der Waals surface area contributed by atoms with E-state index in [0.29, 0.717) is 17.5 Å². The molecule has 0 fully saturated rings.